The molecule has 0 aliphatic rings. The molecule has 9 nitrogen and oxygen atoms in total. The van der Waals surface area contributed by atoms with Crippen molar-refractivity contribution in [1.29, 1.82) is 0 Å². The maximum Gasteiger partial charge on any atom is 0.346 e. The average molecular weight is 489 g/mol. The summed E-state index contributed by atoms with van der Waals surface area (Å²) in [4.78, 5) is 27.3. The van der Waals surface area contributed by atoms with Gasteiger partial charge in [-0.3, -0.25) is 9.35 Å². The molecule has 0 fully saturated rings. The van der Waals surface area contributed by atoms with Crippen molar-refractivity contribution in [2.75, 3.05) is 11.9 Å². The molecule has 11 heteroatoms. The van der Waals surface area contributed by atoms with Gasteiger partial charge < -0.3 is 14.8 Å². The molecule has 3 N–H and O–H groups in total. The van der Waals surface area contributed by atoms with Gasteiger partial charge in [0.15, 0.2) is 10.5 Å². The van der Waals surface area contributed by atoms with Gasteiger partial charge in [0, 0.05) is 18.4 Å². The van der Waals surface area contributed by atoms with Gasteiger partial charge in [-0.2, -0.15) is 8.42 Å². The lowest BCUT2D eigenvalue weighted by atomic mass is 10.1. The Bertz CT molecular complexity index is 1470. The van der Waals surface area contributed by atoms with Crippen molar-refractivity contribution in [3.8, 4) is 10.6 Å². The first-order chi connectivity index (χ1) is 15.7. The summed E-state index contributed by atoms with van der Waals surface area (Å²) in [6, 6.07) is 12.0. The normalized spacial score (nSPS) is 11.8. The zero-order valence-corrected chi connectivity index (χ0v) is 18.9. The van der Waals surface area contributed by atoms with Crippen molar-refractivity contribution in [3.05, 3.63) is 52.9 Å². The van der Waals surface area contributed by atoms with Crippen LogP contribution in [0.3, 0.4) is 0 Å². The number of fused-ring (bicyclic) bond motifs is 2. The first-order valence-electron chi connectivity index (χ1n) is 10.1. The predicted octanol–water partition coefficient (Wildman–Crippen LogP) is 4.37. The SMILES string of the molecule is O=C(O)CCCCCNc1ccc2cc(-c3nc4ccccc4s3)c(=O)oc2c1S(=O)(=O)O. The van der Waals surface area contributed by atoms with E-state index in [2.05, 4.69) is 10.3 Å². The van der Waals surface area contributed by atoms with E-state index in [1.165, 1.54) is 23.5 Å². The van der Waals surface area contributed by atoms with Crippen molar-refractivity contribution in [3.63, 3.8) is 0 Å². The van der Waals surface area contributed by atoms with Gasteiger partial charge in [0.25, 0.3) is 10.1 Å². The number of unbranched alkanes of at least 4 members (excludes halogenated alkanes) is 2. The fourth-order valence-corrected chi connectivity index (χ4v) is 5.27. The van der Waals surface area contributed by atoms with E-state index < -0.39 is 26.6 Å². The quantitative estimate of drug-likeness (QED) is 0.177. The first kappa shape index (κ1) is 22.9. The lowest BCUT2D eigenvalue weighted by molar-refractivity contribution is -0.137. The fraction of sp³-hybridized carbons (Fsp3) is 0.227. The van der Waals surface area contributed by atoms with Gasteiger partial charge in [-0.25, -0.2) is 9.78 Å². The number of thiazole rings is 1. The van der Waals surface area contributed by atoms with Crippen LogP contribution in [0, 0.1) is 0 Å². The smallest absolute Gasteiger partial charge is 0.346 e. The third kappa shape index (κ3) is 5.05. The summed E-state index contributed by atoms with van der Waals surface area (Å²) < 4.78 is 40.4. The Morgan fingerprint density at radius 2 is 1.91 bits per heavy atom. The molecule has 0 spiro atoms. The molecule has 0 amide bonds. The highest BCUT2D eigenvalue weighted by Gasteiger charge is 2.23. The molecule has 2 aromatic carbocycles. The van der Waals surface area contributed by atoms with Gasteiger partial charge in [-0.05, 0) is 43.2 Å². The Morgan fingerprint density at radius 1 is 1.12 bits per heavy atom. The van der Waals surface area contributed by atoms with Gasteiger partial charge in [-0.1, -0.05) is 18.6 Å². The standard InChI is InChI=1S/C22H20N2O7S2/c25-18(26)8-2-1-5-11-23-16-10-9-13-12-14(21-24-15-6-3-4-7-17(15)32-21)22(27)31-19(13)20(16)33(28,29)30/h3-4,6-7,9-10,12,23H,1-2,5,8,11H2,(H,25,26)(H,28,29,30). The van der Waals surface area contributed by atoms with Crippen LogP contribution in [-0.2, 0) is 14.9 Å². The Labute approximate surface area is 192 Å². The number of anilines is 1. The molecule has 0 unspecified atom stereocenters. The molecule has 33 heavy (non-hydrogen) atoms. The Hall–Kier alpha value is -3.28. The Kier molecular flexibility index (Phi) is 6.45. The Morgan fingerprint density at radius 3 is 2.64 bits per heavy atom. The number of nitrogens with one attached hydrogen (secondary N) is 1. The molecule has 0 saturated carbocycles. The van der Waals surface area contributed by atoms with E-state index in [0.717, 1.165) is 10.2 Å². The summed E-state index contributed by atoms with van der Waals surface area (Å²) in [7, 11) is -4.72. The van der Waals surface area contributed by atoms with E-state index in [1.54, 1.807) is 6.07 Å². The molecule has 4 rings (SSSR count). The van der Waals surface area contributed by atoms with Crippen LogP contribution in [0.4, 0.5) is 5.69 Å². The number of aliphatic carboxylic acids is 1. The number of hydrogen-bond donors (Lipinski definition) is 3. The maximum atomic E-state index is 12.7. The zero-order valence-electron chi connectivity index (χ0n) is 17.3. The number of para-hydroxylation sites is 1. The second-order valence-electron chi connectivity index (χ2n) is 7.40. The molecule has 4 aromatic rings. The van der Waals surface area contributed by atoms with Crippen LogP contribution in [0.25, 0.3) is 31.8 Å². The topological polar surface area (TPSA) is 147 Å². The highest BCUT2D eigenvalue weighted by Crippen LogP contribution is 2.34. The minimum absolute atomic E-state index is 0.0639. The molecular formula is C22H20N2O7S2. The monoisotopic (exact) mass is 488 g/mol. The number of carbonyl (C=O) groups is 1. The summed E-state index contributed by atoms with van der Waals surface area (Å²) in [5.41, 5.74) is 0.0160. The number of carboxylic acid groups (broad SMARTS) is 1. The van der Waals surface area contributed by atoms with E-state index >= 15 is 0 Å². The molecule has 0 aliphatic carbocycles. The lowest BCUT2D eigenvalue weighted by Gasteiger charge is -2.12. The van der Waals surface area contributed by atoms with Crippen molar-refractivity contribution in [2.24, 2.45) is 0 Å². The van der Waals surface area contributed by atoms with E-state index in [1.807, 2.05) is 24.3 Å². The number of aromatic nitrogens is 1. The van der Waals surface area contributed by atoms with Crippen molar-refractivity contribution < 1.29 is 27.3 Å². The maximum absolute atomic E-state index is 12.7. The second kappa shape index (κ2) is 9.30. The third-order valence-electron chi connectivity index (χ3n) is 5.02. The van der Waals surface area contributed by atoms with Crippen LogP contribution in [0.15, 0.2) is 56.6 Å². The van der Waals surface area contributed by atoms with Gasteiger partial charge in [0.2, 0.25) is 0 Å². The molecule has 0 saturated heterocycles. The summed E-state index contributed by atoms with van der Waals surface area (Å²) in [6.45, 7) is 0.349. The van der Waals surface area contributed by atoms with Gasteiger partial charge in [-0.15, -0.1) is 11.3 Å². The summed E-state index contributed by atoms with van der Waals surface area (Å²) in [5, 5.41) is 12.4. The van der Waals surface area contributed by atoms with E-state index in [4.69, 9.17) is 9.52 Å². The van der Waals surface area contributed by atoms with Crippen molar-refractivity contribution in [2.45, 2.75) is 30.6 Å². The average Bonchev–Trinajstić information content (AvgIpc) is 3.18. The minimum Gasteiger partial charge on any atom is -0.481 e. The molecule has 172 valence electrons. The van der Waals surface area contributed by atoms with Crippen LogP contribution in [0.5, 0.6) is 0 Å². The third-order valence-corrected chi connectivity index (χ3v) is 7.01. The molecule has 2 aromatic heterocycles. The van der Waals surface area contributed by atoms with Crippen LogP contribution < -0.4 is 10.9 Å². The summed E-state index contributed by atoms with van der Waals surface area (Å²) in [5.74, 6) is -0.869. The summed E-state index contributed by atoms with van der Waals surface area (Å²) in [6.07, 6.45) is 1.79. The lowest BCUT2D eigenvalue weighted by Crippen LogP contribution is -2.10. The highest BCUT2D eigenvalue weighted by molar-refractivity contribution is 7.86. The van der Waals surface area contributed by atoms with Gasteiger partial charge >= 0.3 is 11.6 Å². The zero-order chi connectivity index (χ0) is 23.6. The number of hydrogen-bond acceptors (Lipinski definition) is 8. The van der Waals surface area contributed by atoms with E-state index in [0.29, 0.717) is 36.2 Å². The van der Waals surface area contributed by atoms with Gasteiger partial charge in [0.1, 0.15) is 5.01 Å². The van der Waals surface area contributed by atoms with Gasteiger partial charge in [0.05, 0.1) is 21.5 Å². The number of benzene rings is 2. The second-order valence-corrected chi connectivity index (χ2v) is 9.79. The summed E-state index contributed by atoms with van der Waals surface area (Å²) >= 11 is 1.32. The number of rotatable bonds is 9. The van der Waals surface area contributed by atoms with E-state index in [9.17, 15) is 22.6 Å². The first-order valence-corrected chi connectivity index (χ1v) is 12.4. The van der Waals surface area contributed by atoms with Crippen LogP contribution >= 0.6 is 11.3 Å². The number of nitrogens with zero attached hydrogens (tertiary/aromatic N) is 1. The largest absolute Gasteiger partial charge is 0.481 e. The minimum atomic E-state index is -4.72. The fourth-order valence-electron chi connectivity index (χ4n) is 3.49. The van der Waals surface area contributed by atoms with Crippen LogP contribution in [0.1, 0.15) is 25.7 Å². The molecule has 0 aliphatic heterocycles. The predicted molar refractivity (Wildman–Crippen MR) is 126 cm³/mol. The molecular weight excluding hydrogens is 468 g/mol. The molecule has 0 radical (unpaired) electrons. The molecule has 0 atom stereocenters. The van der Waals surface area contributed by atoms with Crippen LogP contribution in [0.2, 0.25) is 0 Å². The molecule has 0 bridgehead atoms. The highest BCUT2D eigenvalue weighted by atomic mass is 32.2. The van der Waals surface area contributed by atoms with Crippen molar-refractivity contribution in [1.82, 2.24) is 4.98 Å². The number of carboxylic acids is 1. The van der Waals surface area contributed by atoms with Crippen LogP contribution in [-0.4, -0.2) is 35.6 Å². The molecule has 2 heterocycles. The van der Waals surface area contributed by atoms with Crippen molar-refractivity contribution >= 4 is 54.3 Å². The Balaban J connectivity index is 1.68. The van der Waals surface area contributed by atoms with E-state index in [-0.39, 0.29) is 23.3 Å².